The minimum Gasteiger partial charge on any atom is -1.00 e. The Morgan fingerprint density at radius 2 is 1.50 bits per heavy atom. The zero-order chi connectivity index (χ0) is 8.24. The van der Waals surface area contributed by atoms with Crippen molar-refractivity contribution in [2.75, 3.05) is 13.2 Å². The molecule has 0 aromatic heterocycles. The summed E-state index contributed by atoms with van der Waals surface area (Å²) in [5.41, 5.74) is 0. The third-order valence-corrected chi connectivity index (χ3v) is 1.01. The number of ether oxygens (including phenoxy) is 1. The van der Waals surface area contributed by atoms with Crippen LogP contribution in [0.3, 0.4) is 0 Å². The molecule has 72 valence electrons. The van der Waals surface area contributed by atoms with Crippen molar-refractivity contribution in [1.29, 1.82) is 0 Å². The summed E-state index contributed by atoms with van der Waals surface area (Å²) in [6.07, 6.45) is 3.65. The van der Waals surface area contributed by atoms with Crippen molar-refractivity contribution < 1.29 is 21.7 Å². The first-order valence-corrected chi connectivity index (χ1v) is 4.20. The molecule has 1 nitrogen and oxygen atoms in total. The van der Waals surface area contributed by atoms with Gasteiger partial charge < -0.3 is 28.6 Å². The van der Waals surface area contributed by atoms with Crippen LogP contribution in [0.4, 0.5) is 0 Å². The third kappa shape index (κ3) is 43.1. The Morgan fingerprint density at radius 1 is 1.08 bits per heavy atom. The molecule has 0 saturated heterocycles. The molecule has 3 heteroatoms. The van der Waals surface area contributed by atoms with Gasteiger partial charge in [-0.3, -0.25) is 0 Å². The molecule has 0 aliphatic carbocycles. The van der Waals surface area contributed by atoms with Gasteiger partial charge in [0.25, 0.3) is 0 Å². The van der Waals surface area contributed by atoms with Gasteiger partial charge in [0, 0.05) is 13.2 Å². The number of rotatable bonds is 4. The zero-order valence-electron chi connectivity index (χ0n) is 8.74. The maximum Gasteiger partial charge on any atom is 2.00 e. The van der Waals surface area contributed by atoms with E-state index in [1.807, 2.05) is 13.8 Å². The average Bonchev–Trinajstić information content (AvgIpc) is 1.93. The number of hydrogen-bond acceptors (Lipinski definition) is 1. The van der Waals surface area contributed by atoms with E-state index in [1.54, 1.807) is 0 Å². The van der Waals surface area contributed by atoms with Crippen LogP contribution in [-0.2, 0) is 4.74 Å². The maximum absolute atomic E-state index is 4.83. The standard InChI is InChI=1S/C5H11.C4H10O.BrH.Mg/c2*1-3-5-4-2;;/h1,3-5H2,2H3;3-4H2,1-2H3;1H;/q-1;;;+2/p-1. The second-order valence-corrected chi connectivity index (χ2v) is 1.99. The molecular weight excluding hydrogens is 228 g/mol. The van der Waals surface area contributed by atoms with Crippen molar-refractivity contribution in [1.82, 2.24) is 0 Å². The van der Waals surface area contributed by atoms with Crippen LogP contribution in [0.25, 0.3) is 0 Å². The van der Waals surface area contributed by atoms with E-state index in [2.05, 4.69) is 13.8 Å². The molecule has 0 heterocycles. The SMILES string of the molecule is CCOCC.[Br-].[CH2-]CCCC.[Mg+2]. The summed E-state index contributed by atoms with van der Waals surface area (Å²) in [6, 6.07) is 0. The summed E-state index contributed by atoms with van der Waals surface area (Å²) < 4.78 is 4.83. The van der Waals surface area contributed by atoms with Crippen molar-refractivity contribution >= 4 is 23.1 Å². The van der Waals surface area contributed by atoms with Gasteiger partial charge in [-0.2, -0.15) is 6.42 Å². The van der Waals surface area contributed by atoms with Crippen molar-refractivity contribution in [3.05, 3.63) is 6.92 Å². The smallest absolute Gasteiger partial charge is 1.00 e. The normalized spacial score (nSPS) is 7.00. The molecular formula is C9H21BrMgO. The predicted molar refractivity (Wildman–Crippen MR) is 52.8 cm³/mol. The molecule has 0 amide bonds. The van der Waals surface area contributed by atoms with Gasteiger partial charge in [-0.25, -0.2) is 0 Å². The topological polar surface area (TPSA) is 9.23 Å². The van der Waals surface area contributed by atoms with E-state index in [1.165, 1.54) is 12.8 Å². The van der Waals surface area contributed by atoms with Gasteiger partial charge >= 0.3 is 23.1 Å². The molecule has 0 aliphatic heterocycles. The zero-order valence-corrected chi connectivity index (χ0v) is 11.7. The Bertz CT molecular complexity index is 35.5. The van der Waals surface area contributed by atoms with Crippen molar-refractivity contribution in [2.45, 2.75) is 40.0 Å². The first-order valence-electron chi connectivity index (χ1n) is 4.20. The second-order valence-electron chi connectivity index (χ2n) is 1.99. The fraction of sp³-hybridized carbons (Fsp3) is 0.889. The third-order valence-electron chi connectivity index (χ3n) is 1.01. The summed E-state index contributed by atoms with van der Waals surface area (Å²) in [5.74, 6) is 0. The molecule has 0 rings (SSSR count). The molecule has 0 bridgehead atoms. The predicted octanol–water partition coefficient (Wildman–Crippen LogP) is -0.323. The van der Waals surface area contributed by atoms with Crippen molar-refractivity contribution in [3.63, 3.8) is 0 Å². The average molecular weight is 249 g/mol. The van der Waals surface area contributed by atoms with Crippen LogP contribution >= 0.6 is 0 Å². The molecule has 0 radical (unpaired) electrons. The van der Waals surface area contributed by atoms with E-state index >= 15 is 0 Å². The Kier molecular flexibility index (Phi) is 57.1. The van der Waals surface area contributed by atoms with Gasteiger partial charge in [-0.15, -0.1) is 0 Å². The summed E-state index contributed by atoms with van der Waals surface area (Å²) in [5, 5.41) is 0. The first-order chi connectivity index (χ1) is 4.83. The van der Waals surface area contributed by atoms with Gasteiger partial charge in [0.2, 0.25) is 0 Å². The molecule has 0 fully saturated rings. The molecule has 0 aliphatic rings. The molecule has 12 heavy (non-hydrogen) atoms. The molecule has 0 unspecified atom stereocenters. The molecule has 0 aromatic carbocycles. The first kappa shape index (κ1) is 23.2. The van der Waals surface area contributed by atoms with Gasteiger partial charge in [0.05, 0.1) is 0 Å². The van der Waals surface area contributed by atoms with Crippen LogP contribution in [0.5, 0.6) is 0 Å². The van der Waals surface area contributed by atoms with E-state index in [-0.39, 0.29) is 40.0 Å². The minimum absolute atomic E-state index is 0. The van der Waals surface area contributed by atoms with E-state index < -0.39 is 0 Å². The maximum atomic E-state index is 4.83. The fourth-order valence-corrected chi connectivity index (χ4v) is 0.454. The van der Waals surface area contributed by atoms with Crippen molar-refractivity contribution in [3.8, 4) is 0 Å². The molecule has 0 N–H and O–H groups in total. The Morgan fingerprint density at radius 3 is 1.50 bits per heavy atom. The molecule has 0 saturated carbocycles. The number of unbranched alkanes of at least 4 members (excludes halogenated alkanes) is 2. The van der Waals surface area contributed by atoms with E-state index in [4.69, 9.17) is 4.74 Å². The van der Waals surface area contributed by atoms with Gasteiger partial charge in [0.15, 0.2) is 0 Å². The summed E-state index contributed by atoms with van der Waals surface area (Å²) in [4.78, 5) is 0. The van der Waals surface area contributed by atoms with E-state index in [0.717, 1.165) is 19.6 Å². The van der Waals surface area contributed by atoms with E-state index in [9.17, 15) is 0 Å². The van der Waals surface area contributed by atoms with Crippen LogP contribution in [0.1, 0.15) is 40.0 Å². The summed E-state index contributed by atoms with van der Waals surface area (Å²) >= 11 is 0. The summed E-state index contributed by atoms with van der Waals surface area (Å²) in [6.45, 7) is 11.5. The second kappa shape index (κ2) is 29.5. The van der Waals surface area contributed by atoms with Crippen LogP contribution in [0, 0.1) is 6.92 Å². The molecule has 0 aromatic rings. The fourth-order valence-electron chi connectivity index (χ4n) is 0.454. The Labute approximate surface area is 105 Å². The van der Waals surface area contributed by atoms with Gasteiger partial charge in [0.1, 0.15) is 0 Å². The Hall–Kier alpha value is 1.21. The Balaban J connectivity index is -0.0000000457. The number of halogens is 1. The monoisotopic (exact) mass is 248 g/mol. The van der Waals surface area contributed by atoms with Crippen LogP contribution in [-0.4, -0.2) is 36.3 Å². The molecule has 0 spiro atoms. The summed E-state index contributed by atoms with van der Waals surface area (Å²) in [7, 11) is 0. The van der Waals surface area contributed by atoms with Crippen LogP contribution in [0.2, 0.25) is 0 Å². The van der Waals surface area contributed by atoms with Gasteiger partial charge in [-0.05, 0) is 13.8 Å². The minimum atomic E-state index is 0. The van der Waals surface area contributed by atoms with Crippen LogP contribution < -0.4 is 17.0 Å². The van der Waals surface area contributed by atoms with Gasteiger partial charge in [-0.1, -0.05) is 19.8 Å². The van der Waals surface area contributed by atoms with E-state index in [0.29, 0.717) is 0 Å². The molecule has 0 atom stereocenters. The van der Waals surface area contributed by atoms with Crippen LogP contribution in [0.15, 0.2) is 0 Å². The number of hydrogen-bond donors (Lipinski definition) is 0. The quantitative estimate of drug-likeness (QED) is 0.490. The van der Waals surface area contributed by atoms with Crippen molar-refractivity contribution in [2.24, 2.45) is 0 Å². The largest absolute Gasteiger partial charge is 2.00 e.